The van der Waals surface area contributed by atoms with Crippen LogP contribution in [0.1, 0.15) is 46.4 Å². The van der Waals surface area contributed by atoms with E-state index >= 15 is 4.39 Å². The number of benzene rings is 3. The van der Waals surface area contributed by atoms with E-state index in [0.717, 1.165) is 49.9 Å². The largest absolute Gasteiger partial charge is 0.496 e. The summed E-state index contributed by atoms with van der Waals surface area (Å²) in [7, 11) is 4.17. The third-order valence-corrected chi connectivity index (χ3v) is 8.48. The van der Waals surface area contributed by atoms with Crippen LogP contribution >= 0.6 is 0 Å². The summed E-state index contributed by atoms with van der Waals surface area (Å²) in [6, 6.07) is 14.7. The zero-order chi connectivity index (χ0) is 33.1. The molecule has 3 aromatic carbocycles. The number of halogens is 1. The minimum atomic E-state index is -0.790. The quantitative estimate of drug-likeness (QED) is 0.229. The maximum atomic E-state index is 15.5. The van der Waals surface area contributed by atoms with Crippen LogP contribution < -0.4 is 31.9 Å². The molecule has 2 amide bonds. The van der Waals surface area contributed by atoms with E-state index in [1.807, 2.05) is 44.2 Å². The fourth-order valence-corrected chi connectivity index (χ4v) is 5.83. The number of hydrogen-bond donors (Lipinski definition) is 3. The Morgan fingerprint density at radius 1 is 1.04 bits per heavy atom. The number of carbonyl (C=O) groups excluding carboxylic acids is 2. The van der Waals surface area contributed by atoms with Gasteiger partial charge < -0.3 is 20.7 Å². The van der Waals surface area contributed by atoms with Crippen LogP contribution in [0, 0.1) is 19.7 Å². The summed E-state index contributed by atoms with van der Waals surface area (Å²) >= 11 is 0. The second-order valence-electron chi connectivity index (χ2n) is 11.4. The molecule has 1 fully saturated rings. The van der Waals surface area contributed by atoms with Gasteiger partial charge in [0.05, 0.1) is 7.11 Å². The molecule has 1 atom stereocenters. The maximum absolute atomic E-state index is 15.5. The first kappa shape index (κ1) is 32.3. The maximum Gasteiger partial charge on any atom is 0.346 e. The average Bonchev–Trinajstić information content (AvgIpc) is 3.46. The molecule has 12 heteroatoms. The van der Waals surface area contributed by atoms with Crippen molar-refractivity contribution in [3.63, 3.8) is 0 Å². The van der Waals surface area contributed by atoms with Crippen LogP contribution in [-0.4, -0.2) is 45.9 Å². The van der Waals surface area contributed by atoms with E-state index in [1.54, 1.807) is 12.1 Å². The van der Waals surface area contributed by atoms with E-state index in [1.165, 1.54) is 27.3 Å². The third kappa shape index (κ3) is 6.47. The SMILES string of the molecule is COc1cc(-c2cccc(-c3cccc(NC(=O)c4nn(C)c(=O)n(C)c4=O)c3C)c2C)cc(F)c1CNCCC1CCC(=O)N1. The molecule has 240 valence electrons. The molecule has 1 aliphatic heterocycles. The van der Waals surface area contributed by atoms with Crippen molar-refractivity contribution in [2.75, 3.05) is 19.0 Å². The van der Waals surface area contributed by atoms with Crippen LogP contribution in [0.5, 0.6) is 5.75 Å². The molecule has 0 bridgehead atoms. The van der Waals surface area contributed by atoms with Gasteiger partial charge in [-0.3, -0.25) is 19.0 Å². The van der Waals surface area contributed by atoms with Crippen LogP contribution in [0.2, 0.25) is 0 Å². The van der Waals surface area contributed by atoms with Crippen LogP contribution in [0.4, 0.5) is 10.1 Å². The lowest BCUT2D eigenvalue weighted by Gasteiger charge is -2.18. The normalized spacial score (nSPS) is 14.3. The van der Waals surface area contributed by atoms with Crippen molar-refractivity contribution in [1.29, 1.82) is 0 Å². The lowest BCUT2D eigenvalue weighted by molar-refractivity contribution is -0.119. The van der Waals surface area contributed by atoms with E-state index in [2.05, 4.69) is 21.0 Å². The van der Waals surface area contributed by atoms with Crippen molar-refractivity contribution >= 4 is 17.5 Å². The summed E-state index contributed by atoms with van der Waals surface area (Å²) in [4.78, 5) is 49.1. The second-order valence-corrected chi connectivity index (χ2v) is 11.4. The fourth-order valence-electron chi connectivity index (χ4n) is 5.83. The summed E-state index contributed by atoms with van der Waals surface area (Å²) in [5.74, 6) is -0.615. The number of hydrogen-bond acceptors (Lipinski definition) is 7. The van der Waals surface area contributed by atoms with E-state index < -0.39 is 22.9 Å². The van der Waals surface area contributed by atoms with Gasteiger partial charge >= 0.3 is 5.69 Å². The lowest BCUT2D eigenvalue weighted by Crippen LogP contribution is -2.43. The van der Waals surface area contributed by atoms with Gasteiger partial charge in [-0.1, -0.05) is 30.3 Å². The Labute approximate surface area is 265 Å². The first-order chi connectivity index (χ1) is 22.0. The molecule has 5 rings (SSSR count). The monoisotopic (exact) mass is 628 g/mol. The molecule has 1 unspecified atom stereocenters. The standard InChI is InChI=1S/C34H37FN6O5/c1-19-23(21-16-27(35)26(29(17-21)46-5)18-36-15-14-22-12-13-30(42)37-22)8-6-9-24(19)25-10-7-11-28(20(25)2)38-32(43)31-33(44)40(3)34(45)41(4)39-31/h6-11,16-17,22,36H,12-15,18H2,1-5H3,(H,37,42)(H,38,43). The first-order valence-corrected chi connectivity index (χ1v) is 15.0. The molecular weight excluding hydrogens is 591 g/mol. The zero-order valence-corrected chi connectivity index (χ0v) is 26.5. The number of aromatic nitrogens is 3. The highest BCUT2D eigenvalue weighted by Gasteiger charge is 2.22. The Morgan fingerprint density at radius 3 is 2.43 bits per heavy atom. The van der Waals surface area contributed by atoms with Crippen LogP contribution in [0.3, 0.4) is 0 Å². The molecule has 11 nitrogen and oxygen atoms in total. The van der Waals surface area contributed by atoms with Gasteiger partial charge in [0.2, 0.25) is 11.6 Å². The van der Waals surface area contributed by atoms with Gasteiger partial charge in [0.25, 0.3) is 11.5 Å². The molecule has 0 spiro atoms. The Morgan fingerprint density at radius 2 is 1.74 bits per heavy atom. The second kappa shape index (κ2) is 13.5. The third-order valence-electron chi connectivity index (χ3n) is 8.48. The smallest absolute Gasteiger partial charge is 0.346 e. The number of rotatable bonds is 10. The van der Waals surface area contributed by atoms with Gasteiger partial charge in [-0.05, 0) is 84.8 Å². The molecule has 1 aliphatic rings. The molecule has 1 aromatic heterocycles. The van der Waals surface area contributed by atoms with Crippen LogP contribution in [-0.2, 0) is 25.4 Å². The van der Waals surface area contributed by atoms with Gasteiger partial charge in [-0.15, -0.1) is 0 Å². The first-order valence-electron chi connectivity index (χ1n) is 15.0. The number of nitrogens with zero attached hydrogens (tertiary/aromatic N) is 3. The van der Waals surface area contributed by atoms with Gasteiger partial charge in [-0.2, -0.15) is 5.10 Å². The predicted molar refractivity (Wildman–Crippen MR) is 173 cm³/mol. The number of nitrogens with one attached hydrogen (secondary N) is 3. The Balaban J connectivity index is 1.39. The van der Waals surface area contributed by atoms with Crippen molar-refractivity contribution in [2.45, 2.75) is 45.7 Å². The summed E-state index contributed by atoms with van der Waals surface area (Å²) in [6.07, 6.45) is 2.14. The molecule has 0 saturated carbocycles. The van der Waals surface area contributed by atoms with E-state index in [-0.39, 0.29) is 24.3 Å². The van der Waals surface area contributed by atoms with Gasteiger partial charge in [-0.25, -0.2) is 13.9 Å². The van der Waals surface area contributed by atoms with Gasteiger partial charge in [0.15, 0.2) is 0 Å². The molecule has 0 radical (unpaired) electrons. The highest BCUT2D eigenvalue weighted by atomic mass is 19.1. The van der Waals surface area contributed by atoms with E-state index in [9.17, 15) is 19.2 Å². The molecular formula is C34H37FN6O5. The van der Waals surface area contributed by atoms with Gasteiger partial charge in [0, 0.05) is 44.4 Å². The number of amides is 2. The number of ether oxygens (including phenoxy) is 1. The summed E-state index contributed by atoms with van der Waals surface area (Å²) in [5.41, 5.74) is 3.92. The summed E-state index contributed by atoms with van der Waals surface area (Å²) in [6.45, 7) is 4.73. The number of aryl methyl sites for hydroxylation is 1. The fraction of sp³-hybridized carbons (Fsp3) is 0.324. The highest BCUT2D eigenvalue weighted by Crippen LogP contribution is 2.37. The minimum absolute atomic E-state index is 0.0751. The number of methoxy groups -OCH3 is 1. The average molecular weight is 629 g/mol. The molecule has 0 aliphatic carbocycles. The van der Waals surface area contributed by atoms with E-state index in [0.29, 0.717) is 35.5 Å². The van der Waals surface area contributed by atoms with Crippen molar-refractivity contribution in [3.8, 4) is 28.0 Å². The van der Waals surface area contributed by atoms with Gasteiger partial charge in [0.1, 0.15) is 11.6 Å². The topological polar surface area (TPSA) is 136 Å². The number of carbonyl (C=O) groups is 2. The lowest BCUT2D eigenvalue weighted by atomic mass is 9.90. The van der Waals surface area contributed by atoms with Crippen LogP contribution in [0.25, 0.3) is 22.3 Å². The summed E-state index contributed by atoms with van der Waals surface area (Å²) < 4.78 is 22.9. The van der Waals surface area contributed by atoms with Crippen molar-refractivity contribution in [3.05, 3.63) is 97.6 Å². The number of anilines is 1. The molecule has 46 heavy (non-hydrogen) atoms. The molecule has 4 aromatic rings. The Bertz CT molecular complexity index is 1950. The van der Waals surface area contributed by atoms with Crippen molar-refractivity contribution < 1.29 is 18.7 Å². The zero-order valence-electron chi connectivity index (χ0n) is 26.5. The molecule has 3 N–H and O–H groups in total. The Hall–Kier alpha value is -5.10. The van der Waals surface area contributed by atoms with E-state index in [4.69, 9.17) is 4.74 Å². The molecule has 1 saturated heterocycles. The van der Waals surface area contributed by atoms with Crippen molar-refractivity contribution in [1.82, 2.24) is 25.0 Å². The summed E-state index contributed by atoms with van der Waals surface area (Å²) in [5, 5.41) is 12.8. The molecule has 2 heterocycles. The van der Waals surface area contributed by atoms with Crippen LogP contribution in [0.15, 0.2) is 58.1 Å². The minimum Gasteiger partial charge on any atom is -0.496 e. The van der Waals surface area contributed by atoms with Crippen molar-refractivity contribution in [2.24, 2.45) is 14.1 Å². The highest BCUT2D eigenvalue weighted by molar-refractivity contribution is 6.03. The predicted octanol–water partition coefficient (Wildman–Crippen LogP) is 3.59. The Kier molecular flexibility index (Phi) is 9.47.